The summed E-state index contributed by atoms with van der Waals surface area (Å²) in [7, 11) is 1.97. The molecule has 1 amide bonds. The van der Waals surface area contributed by atoms with Crippen molar-refractivity contribution in [1.29, 1.82) is 0 Å². The van der Waals surface area contributed by atoms with E-state index in [0.29, 0.717) is 23.1 Å². The highest BCUT2D eigenvalue weighted by Crippen LogP contribution is 2.37. The average Bonchev–Trinajstić information content (AvgIpc) is 3.59. The molecule has 2 aliphatic carbocycles. The molecule has 0 atom stereocenters. The maximum absolute atomic E-state index is 12.2. The Balaban J connectivity index is 1.35. The van der Waals surface area contributed by atoms with E-state index >= 15 is 0 Å². The highest BCUT2D eigenvalue weighted by Gasteiger charge is 2.29. The number of rotatable bonds is 11. The monoisotopic (exact) mass is 487 g/mol. The van der Waals surface area contributed by atoms with E-state index in [1.807, 2.05) is 17.9 Å². The molecule has 2 aliphatic rings. The summed E-state index contributed by atoms with van der Waals surface area (Å²) < 4.78 is 1.92. The Hall–Kier alpha value is -2.19. The minimum Gasteiger partial charge on any atom is -0.353 e. The van der Waals surface area contributed by atoms with Gasteiger partial charge in [0.05, 0.1) is 23.1 Å². The smallest absolute Gasteiger partial charge is 0.240 e. The lowest BCUT2D eigenvalue weighted by Gasteiger charge is -2.34. The van der Waals surface area contributed by atoms with Gasteiger partial charge in [0, 0.05) is 36.8 Å². The lowest BCUT2D eigenvalue weighted by Crippen LogP contribution is -2.47. The number of halogens is 1. The SMILES string of the molecule is CCCCCCC(=O)NC1CCC(N(N)c2ncc(Cl)c(-c3cnn(C)c3CC3CC3)n2)CC1. The van der Waals surface area contributed by atoms with Gasteiger partial charge in [-0.3, -0.25) is 14.5 Å². The van der Waals surface area contributed by atoms with Crippen molar-refractivity contribution in [3.05, 3.63) is 23.1 Å². The van der Waals surface area contributed by atoms with Gasteiger partial charge in [-0.25, -0.2) is 15.8 Å². The minimum atomic E-state index is 0.131. The second-order valence-electron chi connectivity index (χ2n) is 9.93. The first-order valence-corrected chi connectivity index (χ1v) is 13.2. The number of aryl methyl sites for hydroxylation is 1. The van der Waals surface area contributed by atoms with E-state index in [9.17, 15) is 4.79 Å². The van der Waals surface area contributed by atoms with Gasteiger partial charge in [0.15, 0.2) is 0 Å². The molecule has 2 saturated carbocycles. The number of hydrogen-bond donors (Lipinski definition) is 2. The molecule has 4 rings (SSSR count). The van der Waals surface area contributed by atoms with Crippen LogP contribution in [0.1, 0.15) is 83.2 Å². The topological polar surface area (TPSA) is 102 Å². The highest BCUT2D eigenvalue weighted by atomic mass is 35.5. The van der Waals surface area contributed by atoms with E-state index in [2.05, 4.69) is 22.3 Å². The fourth-order valence-corrected chi connectivity index (χ4v) is 5.04. The number of nitrogens with one attached hydrogen (secondary N) is 1. The quantitative estimate of drug-likeness (QED) is 0.273. The van der Waals surface area contributed by atoms with Crippen molar-refractivity contribution < 1.29 is 4.79 Å². The maximum atomic E-state index is 12.2. The second kappa shape index (κ2) is 11.5. The van der Waals surface area contributed by atoms with Crippen LogP contribution in [0, 0.1) is 5.92 Å². The van der Waals surface area contributed by atoms with Gasteiger partial charge in [0.2, 0.25) is 11.9 Å². The zero-order chi connectivity index (χ0) is 24.1. The van der Waals surface area contributed by atoms with Crippen LogP contribution >= 0.6 is 11.6 Å². The van der Waals surface area contributed by atoms with Gasteiger partial charge >= 0.3 is 0 Å². The van der Waals surface area contributed by atoms with Gasteiger partial charge in [0.1, 0.15) is 0 Å². The van der Waals surface area contributed by atoms with E-state index in [1.54, 1.807) is 11.2 Å². The molecule has 0 unspecified atom stereocenters. The number of unbranched alkanes of at least 4 members (excludes halogenated alkanes) is 3. The van der Waals surface area contributed by atoms with Crippen LogP contribution in [0.2, 0.25) is 5.02 Å². The molecule has 0 saturated heterocycles. The number of nitrogens with two attached hydrogens (primary N) is 1. The first kappa shape index (κ1) is 24.9. The predicted octanol–water partition coefficient (Wildman–Crippen LogP) is 4.56. The fourth-order valence-electron chi connectivity index (χ4n) is 4.84. The predicted molar refractivity (Wildman–Crippen MR) is 135 cm³/mol. The summed E-state index contributed by atoms with van der Waals surface area (Å²) in [6.07, 6.45) is 15.7. The third-order valence-corrected chi connectivity index (χ3v) is 7.45. The molecule has 0 aliphatic heterocycles. The Morgan fingerprint density at radius 1 is 1.18 bits per heavy atom. The van der Waals surface area contributed by atoms with Crippen LogP contribution in [-0.2, 0) is 18.3 Å². The Kier molecular flexibility index (Phi) is 8.42. The molecule has 0 bridgehead atoms. The van der Waals surface area contributed by atoms with Gasteiger partial charge in [-0.2, -0.15) is 5.10 Å². The van der Waals surface area contributed by atoms with Crippen LogP contribution < -0.4 is 16.2 Å². The van der Waals surface area contributed by atoms with Crippen molar-refractivity contribution in [1.82, 2.24) is 25.1 Å². The van der Waals surface area contributed by atoms with Gasteiger partial charge in [-0.15, -0.1) is 0 Å². The highest BCUT2D eigenvalue weighted by molar-refractivity contribution is 6.32. The fraction of sp³-hybridized carbons (Fsp3) is 0.680. The molecule has 9 heteroatoms. The van der Waals surface area contributed by atoms with Crippen LogP contribution in [0.3, 0.4) is 0 Å². The molecule has 8 nitrogen and oxygen atoms in total. The van der Waals surface area contributed by atoms with Crippen LogP contribution in [-0.4, -0.2) is 37.7 Å². The molecule has 0 radical (unpaired) electrons. The van der Waals surface area contributed by atoms with Crippen molar-refractivity contribution >= 4 is 23.5 Å². The number of aromatic nitrogens is 4. The van der Waals surface area contributed by atoms with Crippen molar-refractivity contribution in [2.24, 2.45) is 18.8 Å². The molecule has 34 heavy (non-hydrogen) atoms. The van der Waals surface area contributed by atoms with Crippen LogP contribution in [0.15, 0.2) is 12.4 Å². The van der Waals surface area contributed by atoms with Gasteiger partial charge in [-0.1, -0.05) is 37.8 Å². The largest absolute Gasteiger partial charge is 0.353 e. The summed E-state index contributed by atoms with van der Waals surface area (Å²) in [4.78, 5) is 21.4. The number of hydrazine groups is 1. The normalized spacial score (nSPS) is 20.4. The third kappa shape index (κ3) is 6.27. The first-order valence-electron chi connectivity index (χ1n) is 12.8. The first-order chi connectivity index (χ1) is 16.5. The second-order valence-corrected chi connectivity index (χ2v) is 10.3. The van der Waals surface area contributed by atoms with E-state index < -0.39 is 0 Å². The zero-order valence-electron chi connectivity index (χ0n) is 20.5. The third-order valence-electron chi connectivity index (χ3n) is 7.17. The maximum Gasteiger partial charge on any atom is 0.240 e. The van der Waals surface area contributed by atoms with Crippen molar-refractivity contribution in [3.63, 3.8) is 0 Å². The van der Waals surface area contributed by atoms with Gasteiger partial charge in [0.25, 0.3) is 0 Å². The minimum absolute atomic E-state index is 0.131. The lowest BCUT2D eigenvalue weighted by atomic mass is 9.90. The number of anilines is 1. The van der Waals surface area contributed by atoms with Crippen molar-refractivity contribution in [2.75, 3.05) is 5.01 Å². The zero-order valence-corrected chi connectivity index (χ0v) is 21.2. The summed E-state index contributed by atoms with van der Waals surface area (Å²) in [6.45, 7) is 2.18. The molecule has 3 N–H and O–H groups in total. The molecule has 0 spiro atoms. The molecule has 2 heterocycles. The van der Waals surface area contributed by atoms with Gasteiger partial charge in [-0.05, 0) is 57.3 Å². The molecule has 2 aromatic rings. The van der Waals surface area contributed by atoms with Crippen LogP contribution in [0.5, 0.6) is 0 Å². The molecule has 0 aromatic carbocycles. The molecular weight excluding hydrogens is 450 g/mol. The van der Waals surface area contributed by atoms with Gasteiger partial charge < -0.3 is 5.32 Å². The summed E-state index contributed by atoms with van der Waals surface area (Å²) in [5.41, 5.74) is 2.81. The van der Waals surface area contributed by atoms with E-state index in [-0.39, 0.29) is 18.0 Å². The summed E-state index contributed by atoms with van der Waals surface area (Å²) in [5.74, 6) is 7.88. The Bertz CT molecular complexity index is 966. The standard InChI is InChI=1S/C25H38ClN7O/c1-3-4-5-6-7-23(34)30-18-10-12-19(13-11-18)33(27)25-28-16-21(26)24(31-25)20-15-29-32(2)22(20)14-17-8-9-17/h15-19H,3-14,27H2,1-2H3,(H,30,34). The van der Waals surface area contributed by atoms with E-state index in [0.717, 1.165) is 62.1 Å². The Labute approximate surface area is 207 Å². The number of carbonyl (C=O) groups is 1. The Morgan fingerprint density at radius 2 is 1.94 bits per heavy atom. The van der Waals surface area contributed by atoms with E-state index in [1.165, 1.54) is 25.7 Å². The number of nitrogens with zero attached hydrogens (tertiary/aromatic N) is 5. The molecule has 2 fully saturated rings. The lowest BCUT2D eigenvalue weighted by molar-refractivity contribution is -0.122. The van der Waals surface area contributed by atoms with Crippen molar-refractivity contribution in [2.45, 2.75) is 96.1 Å². The Morgan fingerprint density at radius 3 is 2.65 bits per heavy atom. The number of carbonyl (C=O) groups excluding carboxylic acids is 1. The molecular formula is C25H38ClN7O. The summed E-state index contributed by atoms with van der Waals surface area (Å²) in [6, 6.07) is 0.358. The van der Waals surface area contributed by atoms with Crippen LogP contribution in [0.25, 0.3) is 11.3 Å². The van der Waals surface area contributed by atoms with Crippen molar-refractivity contribution in [3.8, 4) is 11.3 Å². The average molecular weight is 488 g/mol. The summed E-state index contributed by atoms with van der Waals surface area (Å²) in [5, 5.41) is 9.85. The molecule has 186 valence electrons. The summed E-state index contributed by atoms with van der Waals surface area (Å²) >= 11 is 6.51. The van der Waals surface area contributed by atoms with Crippen LogP contribution in [0.4, 0.5) is 5.95 Å². The number of amides is 1. The molecule has 2 aromatic heterocycles. The van der Waals surface area contributed by atoms with E-state index in [4.69, 9.17) is 22.4 Å². The number of hydrogen-bond acceptors (Lipinski definition) is 6.